The van der Waals surface area contributed by atoms with Gasteiger partial charge in [-0.2, -0.15) is 0 Å². The summed E-state index contributed by atoms with van der Waals surface area (Å²) in [7, 11) is 1.78. The number of hydrogen-bond acceptors (Lipinski definition) is 2. The fourth-order valence-electron chi connectivity index (χ4n) is 2.40. The molecule has 19 heavy (non-hydrogen) atoms. The van der Waals surface area contributed by atoms with E-state index >= 15 is 0 Å². The SMILES string of the molecule is CN(C(=O)Nc1cccc(C(=O)O)c1)C1CCCC1. The van der Waals surface area contributed by atoms with E-state index in [1.807, 2.05) is 0 Å². The molecule has 2 rings (SSSR count). The number of amides is 2. The number of carboxylic acid groups (broad SMARTS) is 1. The summed E-state index contributed by atoms with van der Waals surface area (Å²) in [6.07, 6.45) is 4.41. The summed E-state index contributed by atoms with van der Waals surface area (Å²) in [4.78, 5) is 24.6. The lowest BCUT2D eigenvalue weighted by atomic mass is 10.2. The molecule has 5 nitrogen and oxygen atoms in total. The van der Waals surface area contributed by atoms with Crippen LogP contribution in [0.5, 0.6) is 0 Å². The monoisotopic (exact) mass is 262 g/mol. The van der Waals surface area contributed by atoms with Crippen LogP contribution in [0.4, 0.5) is 10.5 Å². The molecule has 0 bridgehead atoms. The zero-order valence-corrected chi connectivity index (χ0v) is 10.9. The van der Waals surface area contributed by atoms with Crippen LogP contribution in [0.2, 0.25) is 0 Å². The highest BCUT2D eigenvalue weighted by molar-refractivity contribution is 5.93. The van der Waals surface area contributed by atoms with Crippen molar-refractivity contribution in [1.29, 1.82) is 0 Å². The summed E-state index contributed by atoms with van der Waals surface area (Å²) in [5.41, 5.74) is 0.677. The summed E-state index contributed by atoms with van der Waals surface area (Å²) in [6.45, 7) is 0. The van der Waals surface area contributed by atoms with Gasteiger partial charge in [0.15, 0.2) is 0 Å². The molecule has 0 saturated heterocycles. The average Bonchev–Trinajstić information content (AvgIpc) is 2.92. The Labute approximate surface area is 112 Å². The summed E-state index contributed by atoms with van der Waals surface area (Å²) in [5.74, 6) is -1.000. The lowest BCUT2D eigenvalue weighted by Crippen LogP contribution is -2.38. The van der Waals surface area contributed by atoms with Crippen molar-refractivity contribution in [2.45, 2.75) is 31.7 Å². The van der Waals surface area contributed by atoms with Crippen molar-refractivity contribution in [3.05, 3.63) is 29.8 Å². The van der Waals surface area contributed by atoms with Crippen LogP contribution in [0.15, 0.2) is 24.3 Å². The Morgan fingerprint density at radius 2 is 2.00 bits per heavy atom. The van der Waals surface area contributed by atoms with Gasteiger partial charge in [-0.05, 0) is 31.0 Å². The van der Waals surface area contributed by atoms with E-state index in [9.17, 15) is 9.59 Å². The summed E-state index contributed by atoms with van der Waals surface area (Å²) in [5, 5.41) is 11.6. The molecule has 1 fully saturated rings. The number of carboxylic acids is 1. The second kappa shape index (κ2) is 5.73. The summed E-state index contributed by atoms with van der Waals surface area (Å²) < 4.78 is 0. The number of carbonyl (C=O) groups is 2. The molecule has 0 spiro atoms. The number of nitrogens with zero attached hydrogens (tertiary/aromatic N) is 1. The van der Waals surface area contributed by atoms with Crippen LogP contribution in [-0.4, -0.2) is 35.1 Å². The van der Waals surface area contributed by atoms with Crippen LogP contribution in [0.1, 0.15) is 36.0 Å². The zero-order chi connectivity index (χ0) is 13.8. The van der Waals surface area contributed by atoms with E-state index in [4.69, 9.17) is 5.11 Å². The Bertz CT molecular complexity index is 481. The van der Waals surface area contributed by atoms with Crippen LogP contribution in [-0.2, 0) is 0 Å². The van der Waals surface area contributed by atoms with E-state index in [2.05, 4.69) is 5.32 Å². The molecule has 102 valence electrons. The maximum Gasteiger partial charge on any atom is 0.335 e. The van der Waals surface area contributed by atoms with Gasteiger partial charge in [0.1, 0.15) is 0 Å². The molecule has 1 aliphatic rings. The minimum atomic E-state index is -1.000. The number of hydrogen-bond donors (Lipinski definition) is 2. The van der Waals surface area contributed by atoms with Crippen LogP contribution < -0.4 is 5.32 Å². The van der Waals surface area contributed by atoms with Crippen LogP contribution in [0.3, 0.4) is 0 Å². The molecular formula is C14H18N2O3. The molecule has 5 heteroatoms. The third-order valence-electron chi connectivity index (χ3n) is 3.55. The van der Waals surface area contributed by atoms with Crippen LogP contribution in [0, 0.1) is 0 Å². The molecule has 1 aliphatic carbocycles. The fourth-order valence-corrected chi connectivity index (χ4v) is 2.40. The first-order chi connectivity index (χ1) is 9.08. The minimum Gasteiger partial charge on any atom is -0.478 e. The quantitative estimate of drug-likeness (QED) is 0.880. The lowest BCUT2D eigenvalue weighted by molar-refractivity contribution is 0.0697. The molecule has 0 aliphatic heterocycles. The largest absolute Gasteiger partial charge is 0.478 e. The average molecular weight is 262 g/mol. The Balaban J connectivity index is 2.01. The van der Waals surface area contributed by atoms with Crippen LogP contribution in [0.25, 0.3) is 0 Å². The Morgan fingerprint density at radius 3 is 2.63 bits per heavy atom. The van der Waals surface area contributed by atoms with Crippen molar-refractivity contribution in [2.75, 3.05) is 12.4 Å². The molecular weight excluding hydrogens is 244 g/mol. The number of carbonyl (C=O) groups excluding carboxylic acids is 1. The number of nitrogens with one attached hydrogen (secondary N) is 1. The number of anilines is 1. The van der Waals surface area contributed by atoms with Gasteiger partial charge in [-0.3, -0.25) is 0 Å². The van der Waals surface area contributed by atoms with Gasteiger partial charge in [0.2, 0.25) is 0 Å². The number of urea groups is 1. The zero-order valence-electron chi connectivity index (χ0n) is 10.9. The molecule has 0 radical (unpaired) electrons. The van der Waals surface area contributed by atoms with Crippen molar-refractivity contribution in [3.63, 3.8) is 0 Å². The van der Waals surface area contributed by atoms with E-state index in [1.54, 1.807) is 24.1 Å². The highest BCUT2D eigenvalue weighted by Gasteiger charge is 2.23. The van der Waals surface area contributed by atoms with Crippen LogP contribution >= 0.6 is 0 Å². The molecule has 1 aromatic carbocycles. The standard InChI is InChI=1S/C14H18N2O3/c1-16(12-7-2-3-8-12)14(19)15-11-6-4-5-10(9-11)13(17)18/h4-6,9,12H,2-3,7-8H2,1H3,(H,15,19)(H,17,18). The van der Waals surface area contributed by atoms with Crippen molar-refractivity contribution in [2.24, 2.45) is 0 Å². The lowest BCUT2D eigenvalue weighted by Gasteiger charge is -2.24. The van der Waals surface area contributed by atoms with Crippen molar-refractivity contribution in [3.8, 4) is 0 Å². The Hall–Kier alpha value is -2.04. The Kier molecular flexibility index (Phi) is 4.04. The molecule has 0 aromatic heterocycles. The molecule has 0 atom stereocenters. The first kappa shape index (κ1) is 13.4. The fraction of sp³-hybridized carbons (Fsp3) is 0.429. The minimum absolute atomic E-state index is 0.168. The molecule has 1 aromatic rings. The summed E-state index contributed by atoms with van der Waals surface area (Å²) in [6, 6.07) is 6.38. The van der Waals surface area contributed by atoms with E-state index in [0.717, 1.165) is 25.7 Å². The van der Waals surface area contributed by atoms with E-state index in [1.165, 1.54) is 12.1 Å². The highest BCUT2D eigenvalue weighted by Crippen LogP contribution is 2.23. The molecule has 0 unspecified atom stereocenters. The van der Waals surface area contributed by atoms with Gasteiger partial charge in [0, 0.05) is 18.8 Å². The van der Waals surface area contributed by atoms with Gasteiger partial charge < -0.3 is 15.3 Å². The third kappa shape index (κ3) is 3.24. The predicted octanol–water partition coefficient (Wildman–Crippen LogP) is 2.79. The van der Waals surface area contributed by atoms with Crippen molar-refractivity contribution >= 4 is 17.7 Å². The third-order valence-corrected chi connectivity index (χ3v) is 3.55. The van der Waals surface area contributed by atoms with Gasteiger partial charge in [-0.15, -0.1) is 0 Å². The van der Waals surface area contributed by atoms with E-state index < -0.39 is 5.97 Å². The van der Waals surface area contributed by atoms with E-state index in [0.29, 0.717) is 11.7 Å². The maximum absolute atomic E-state index is 12.0. The maximum atomic E-state index is 12.0. The molecule has 1 saturated carbocycles. The molecule has 2 N–H and O–H groups in total. The normalized spacial score (nSPS) is 15.2. The second-order valence-electron chi connectivity index (χ2n) is 4.87. The molecule has 2 amide bonds. The smallest absolute Gasteiger partial charge is 0.335 e. The number of aromatic carboxylic acids is 1. The first-order valence-corrected chi connectivity index (χ1v) is 6.45. The van der Waals surface area contributed by atoms with Gasteiger partial charge in [0.05, 0.1) is 5.56 Å². The topological polar surface area (TPSA) is 69.6 Å². The molecule has 0 heterocycles. The van der Waals surface area contributed by atoms with Crippen molar-refractivity contribution < 1.29 is 14.7 Å². The summed E-state index contributed by atoms with van der Waals surface area (Å²) >= 11 is 0. The van der Waals surface area contributed by atoms with Gasteiger partial charge >= 0.3 is 12.0 Å². The number of rotatable bonds is 3. The number of benzene rings is 1. The van der Waals surface area contributed by atoms with Gasteiger partial charge in [-0.25, -0.2) is 9.59 Å². The second-order valence-corrected chi connectivity index (χ2v) is 4.87. The first-order valence-electron chi connectivity index (χ1n) is 6.45. The van der Waals surface area contributed by atoms with E-state index in [-0.39, 0.29) is 11.6 Å². The highest BCUT2D eigenvalue weighted by atomic mass is 16.4. The van der Waals surface area contributed by atoms with Gasteiger partial charge in [0.25, 0.3) is 0 Å². The Morgan fingerprint density at radius 1 is 1.32 bits per heavy atom. The van der Waals surface area contributed by atoms with Gasteiger partial charge in [-0.1, -0.05) is 18.9 Å². The van der Waals surface area contributed by atoms with Crippen molar-refractivity contribution in [1.82, 2.24) is 4.90 Å². The predicted molar refractivity (Wildman–Crippen MR) is 72.4 cm³/mol.